The summed E-state index contributed by atoms with van der Waals surface area (Å²) in [5, 5.41) is 11.7. The van der Waals surface area contributed by atoms with Gasteiger partial charge in [0.05, 0.1) is 0 Å². The summed E-state index contributed by atoms with van der Waals surface area (Å²) in [6.45, 7) is 8.36. The van der Waals surface area contributed by atoms with Crippen LogP contribution in [0.3, 0.4) is 0 Å². The summed E-state index contributed by atoms with van der Waals surface area (Å²) < 4.78 is 5.74. The Morgan fingerprint density at radius 2 is 2.11 bits per heavy atom. The van der Waals surface area contributed by atoms with Gasteiger partial charge >= 0.3 is 0 Å². The Hall–Kier alpha value is -1.71. The number of ether oxygens (including phenoxy) is 1. The maximum Gasteiger partial charge on any atom is 0.180 e. The van der Waals surface area contributed by atoms with Crippen molar-refractivity contribution in [3.8, 4) is 5.75 Å². The van der Waals surface area contributed by atoms with Crippen LogP contribution in [0.4, 0.5) is 0 Å². The largest absolute Gasteiger partial charge is 0.482 e. The maximum absolute atomic E-state index is 8.68. The van der Waals surface area contributed by atoms with E-state index in [0.717, 1.165) is 5.75 Å². The van der Waals surface area contributed by atoms with Crippen LogP contribution in [0, 0.1) is 0 Å². The van der Waals surface area contributed by atoms with Crippen LogP contribution in [-0.2, 0) is 5.41 Å². The Morgan fingerprint density at radius 1 is 1.44 bits per heavy atom. The molecule has 100 valence electrons. The molecule has 0 heterocycles. The molecule has 1 rings (SSSR count). The Labute approximate surface area is 108 Å². The number of hydrogen-bond acceptors (Lipinski definition) is 3. The number of hydrogen-bond donors (Lipinski definition) is 2. The fraction of sp³-hybridized carbons (Fsp3) is 0.500. The van der Waals surface area contributed by atoms with Gasteiger partial charge in [0.1, 0.15) is 5.75 Å². The first-order valence-corrected chi connectivity index (χ1v) is 6.13. The van der Waals surface area contributed by atoms with Crippen molar-refractivity contribution in [1.29, 1.82) is 0 Å². The summed E-state index contributed by atoms with van der Waals surface area (Å²) >= 11 is 0. The minimum atomic E-state index is -0.398. The van der Waals surface area contributed by atoms with Crippen molar-refractivity contribution in [3.63, 3.8) is 0 Å². The number of rotatable bonds is 4. The topological polar surface area (TPSA) is 67.8 Å². The molecule has 0 aliphatic carbocycles. The third-order valence-electron chi connectivity index (χ3n) is 2.79. The lowest BCUT2D eigenvalue weighted by molar-refractivity contribution is 0.246. The van der Waals surface area contributed by atoms with Gasteiger partial charge in [0.2, 0.25) is 0 Å². The van der Waals surface area contributed by atoms with Gasteiger partial charge in [-0.15, -0.1) is 0 Å². The van der Waals surface area contributed by atoms with E-state index < -0.39 is 6.10 Å². The monoisotopic (exact) mass is 250 g/mol. The van der Waals surface area contributed by atoms with Crippen LogP contribution in [0.2, 0.25) is 0 Å². The highest BCUT2D eigenvalue weighted by molar-refractivity contribution is 5.84. The minimum absolute atomic E-state index is 0.0672. The third-order valence-corrected chi connectivity index (χ3v) is 2.79. The standard InChI is InChI=1S/C14H22N2O2/c1-5-12(13(15)16-17)18-11-8-6-7-10(9-11)14(2,3)4/h6-9,12,17H,5H2,1-4H3,(H2,15,16). The molecular formula is C14H22N2O2. The van der Waals surface area contributed by atoms with Crippen LogP contribution < -0.4 is 10.5 Å². The predicted octanol–water partition coefficient (Wildman–Crippen LogP) is 2.89. The molecule has 0 saturated carbocycles. The number of nitrogens with two attached hydrogens (primary N) is 1. The van der Waals surface area contributed by atoms with E-state index in [2.05, 4.69) is 32.0 Å². The zero-order valence-corrected chi connectivity index (χ0v) is 11.5. The van der Waals surface area contributed by atoms with Crippen molar-refractivity contribution >= 4 is 5.84 Å². The van der Waals surface area contributed by atoms with E-state index in [9.17, 15) is 0 Å². The van der Waals surface area contributed by atoms with Crippen LogP contribution in [0.15, 0.2) is 29.4 Å². The normalized spacial score (nSPS) is 14.3. The van der Waals surface area contributed by atoms with E-state index in [4.69, 9.17) is 15.7 Å². The molecule has 4 nitrogen and oxygen atoms in total. The van der Waals surface area contributed by atoms with Crippen molar-refractivity contribution < 1.29 is 9.94 Å². The molecule has 0 bridgehead atoms. The predicted molar refractivity (Wildman–Crippen MR) is 73.3 cm³/mol. The summed E-state index contributed by atoms with van der Waals surface area (Å²) in [5.41, 5.74) is 6.83. The van der Waals surface area contributed by atoms with Gasteiger partial charge in [-0.05, 0) is 29.5 Å². The van der Waals surface area contributed by atoms with Gasteiger partial charge in [-0.2, -0.15) is 0 Å². The van der Waals surface area contributed by atoms with Crippen LogP contribution in [0.5, 0.6) is 5.75 Å². The van der Waals surface area contributed by atoms with Gasteiger partial charge < -0.3 is 15.7 Å². The molecule has 0 radical (unpaired) electrons. The summed E-state index contributed by atoms with van der Waals surface area (Å²) in [5.74, 6) is 0.833. The molecule has 18 heavy (non-hydrogen) atoms. The van der Waals surface area contributed by atoms with Crippen LogP contribution in [0.25, 0.3) is 0 Å². The van der Waals surface area contributed by atoms with E-state index in [-0.39, 0.29) is 11.3 Å². The van der Waals surface area contributed by atoms with E-state index >= 15 is 0 Å². The minimum Gasteiger partial charge on any atom is -0.482 e. The van der Waals surface area contributed by atoms with Crippen molar-refractivity contribution in [2.45, 2.75) is 45.6 Å². The van der Waals surface area contributed by atoms with Crippen LogP contribution >= 0.6 is 0 Å². The number of nitrogens with zero attached hydrogens (tertiary/aromatic N) is 1. The first-order valence-electron chi connectivity index (χ1n) is 6.13. The lowest BCUT2D eigenvalue weighted by atomic mass is 9.87. The van der Waals surface area contributed by atoms with Crippen molar-refractivity contribution in [2.75, 3.05) is 0 Å². The molecule has 0 aromatic heterocycles. The highest BCUT2D eigenvalue weighted by Gasteiger charge is 2.17. The number of amidine groups is 1. The Kier molecular flexibility index (Phi) is 4.59. The van der Waals surface area contributed by atoms with Gasteiger partial charge in [0.25, 0.3) is 0 Å². The van der Waals surface area contributed by atoms with Crippen molar-refractivity contribution in [3.05, 3.63) is 29.8 Å². The van der Waals surface area contributed by atoms with Gasteiger partial charge in [-0.25, -0.2) is 0 Å². The Bertz CT molecular complexity index is 422. The Balaban J connectivity index is 2.91. The molecule has 0 amide bonds. The maximum atomic E-state index is 8.68. The summed E-state index contributed by atoms with van der Waals surface area (Å²) in [4.78, 5) is 0. The zero-order valence-electron chi connectivity index (χ0n) is 11.5. The molecule has 0 saturated heterocycles. The molecular weight excluding hydrogens is 228 g/mol. The summed E-state index contributed by atoms with van der Waals surface area (Å²) in [6, 6.07) is 7.89. The third kappa shape index (κ3) is 3.65. The second-order valence-electron chi connectivity index (χ2n) is 5.32. The molecule has 4 heteroatoms. The van der Waals surface area contributed by atoms with Crippen LogP contribution in [-0.4, -0.2) is 17.1 Å². The van der Waals surface area contributed by atoms with E-state index in [1.807, 2.05) is 25.1 Å². The highest BCUT2D eigenvalue weighted by Crippen LogP contribution is 2.26. The second-order valence-corrected chi connectivity index (χ2v) is 5.32. The fourth-order valence-electron chi connectivity index (χ4n) is 1.62. The summed E-state index contributed by atoms with van der Waals surface area (Å²) in [7, 11) is 0. The van der Waals surface area contributed by atoms with E-state index in [1.54, 1.807) is 0 Å². The Morgan fingerprint density at radius 3 is 2.61 bits per heavy atom. The first kappa shape index (κ1) is 14.4. The van der Waals surface area contributed by atoms with Crippen molar-refractivity contribution in [1.82, 2.24) is 0 Å². The molecule has 1 atom stereocenters. The number of oxime groups is 1. The van der Waals surface area contributed by atoms with Crippen molar-refractivity contribution in [2.24, 2.45) is 10.9 Å². The van der Waals surface area contributed by atoms with Gasteiger partial charge in [0.15, 0.2) is 11.9 Å². The molecule has 1 aromatic rings. The van der Waals surface area contributed by atoms with Gasteiger partial charge in [-0.1, -0.05) is 45.0 Å². The highest BCUT2D eigenvalue weighted by atomic mass is 16.5. The number of benzene rings is 1. The van der Waals surface area contributed by atoms with Crippen LogP contribution in [0.1, 0.15) is 39.7 Å². The van der Waals surface area contributed by atoms with Gasteiger partial charge in [-0.3, -0.25) is 0 Å². The van der Waals surface area contributed by atoms with E-state index in [0.29, 0.717) is 6.42 Å². The average molecular weight is 250 g/mol. The van der Waals surface area contributed by atoms with Gasteiger partial charge in [0, 0.05) is 0 Å². The summed E-state index contributed by atoms with van der Waals surface area (Å²) in [6.07, 6.45) is 0.251. The molecule has 0 aliphatic heterocycles. The molecule has 0 fully saturated rings. The average Bonchev–Trinajstić information content (AvgIpc) is 2.34. The first-order chi connectivity index (χ1) is 8.38. The molecule has 1 aromatic carbocycles. The quantitative estimate of drug-likeness (QED) is 0.373. The van der Waals surface area contributed by atoms with E-state index in [1.165, 1.54) is 5.56 Å². The lowest BCUT2D eigenvalue weighted by Gasteiger charge is -2.21. The smallest absolute Gasteiger partial charge is 0.180 e. The molecule has 1 unspecified atom stereocenters. The zero-order chi connectivity index (χ0) is 13.8. The second kappa shape index (κ2) is 5.76. The molecule has 0 spiro atoms. The molecule has 3 N–H and O–H groups in total. The SMILES string of the molecule is CCC(Oc1cccc(C(C)(C)C)c1)C(N)=NO. The lowest BCUT2D eigenvalue weighted by Crippen LogP contribution is -2.33. The fourth-order valence-corrected chi connectivity index (χ4v) is 1.62. The molecule has 0 aliphatic rings.